The van der Waals surface area contributed by atoms with Crippen LogP contribution in [-0.2, 0) is 48.9 Å². The summed E-state index contributed by atoms with van der Waals surface area (Å²) in [7, 11) is 4.87. The normalized spacial score (nSPS) is 16.4. The zero-order valence-corrected chi connectivity index (χ0v) is 46.4. The molecule has 68 heavy (non-hydrogen) atoms. The Kier molecular flexibility index (Phi) is 21.0. The highest BCUT2D eigenvalue weighted by molar-refractivity contribution is 7.98. The standard InChI is InChI=1S/C54H78N2O8S2Si2/c1-53(2,3)47-33-43(41-23-19-39(20-24-41)37-65-27-15-29-67(59-7,60-8)61-9)31-45(51(47)57)35-55-49-17-13-14-18-50(49)56-36-46-32-44(34-48(52(46)58)54(4,5)6)42-25-21-40(22-26-42)38-66-28-16-30-68(62-10,63-11)64-12/h19-26,31-36,49-50,57-58H,13-18,27-30,37-38H2,1-12H3/t49-,50-/m1/s1. The minimum atomic E-state index is -2.55. The van der Waals surface area contributed by atoms with Crippen LogP contribution < -0.4 is 0 Å². The lowest BCUT2D eigenvalue weighted by molar-refractivity contribution is 0.123. The fraction of sp³-hybridized carbons (Fsp3) is 0.519. The van der Waals surface area contributed by atoms with Crippen LogP contribution in [0.15, 0.2) is 82.8 Å². The molecule has 372 valence electrons. The van der Waals surface area contributed by atoms with Gasteiger partial charge >= 0.3 is 17.6 Å². The van der Waals surface area contributed by atoms with E-state index < -0.39 is 17.6 Å². The predicted molar refractivity (Wildman–Crippen MR) is 290 cm³/mol. The van der Waals surface area contributed by atoms with Gasteiger partial charge in [0.15, 0.2) is 0 Å². The molecule has 2 atom stereocenters. The Morgan fingerprint density at radius 2 is 0.868 bits per heavy atom. The van der Waals surface area contributed by atoms with Gasteiger partial charge in [0.05, 0.1) is 12.1 Å². The van der Waals surface area contributed by atoms with Crippen LogP contribution in [-0.4, -0.2) is 106 Å². The summed E-state index contributed by atoms with van der Waals surface area (Å²) in [6, 6.07) is 27.3. The van der Waals surface area contributed by atoms with Crippen molar-refractivity contribution < 1.29 is 36.8 Å². The quantitative estimate of drug-likeness (QED) is 0.0399. The average Bonchev–Trinajstić information content (AvgIpc) is 3.33. The number of benzene rings is 4. The topological polar surface area (TPSA) is 121 Å². The Morgan fingerprint density at radius 3 is 1.18 bits per heavy atom. The molecule has 0 unspecified atom stereocenters. The van der Waals surface area contributed by atoms with E-state index in [9.17, 15) is 10.2 Å². The largest absolute Gasteiger partial charge is 0.507 e. The molecular formula is C54H78N2O8S2Si2. The first-order valence-corrected chi connectivity index (χ1v) is 30.1. The molecule has 5 rings (SSSR count). The van der Waals surface area contributed by atoms with Crippen LogP contribution in [0.3, 0.4) is 0 Å². The van der Waals surface area contributed by atoms with Crippen molar-refractivity contribution in [3.63, 3.8) is 0 Å². The minimum absolute atomic E-state index is 0.0578. The number of hydrogen-bond donors (Lipinski definition) is 2. The van der Waals surface area contributed by atoms with Crippen LogP contribution in [0.5, 0.6) is 11.5 Å². The maximum Gasteiger partial charge on any atom is 0.500 e. The number of phenols is 2. The molecule has 1 fully saturated rings. The monoisotopic (exact) mass is 1000 g/mol. The Bertz CT molecular complexity index is 2080. The van der Waals surface area contributed by atoms with Crippen molar-refractivity contribution in [1.29, 1.82) is 0 Å². The fourth-order valence-corrected chi connectivity index (χ4v) is 14.4. The number of phenolic OH excluding ortho intramolecular Hbond substituents is 2. The van der Waals surface area contributed by atoms with Gasteiger partial charge in [-0.2, -0.15) is 23.5 Å². The number of thioether (sulfide) groups is 2. The van der Waals surface area contributed by atoms with E-state index in [2.05, 4.69) is 114 Å². The van der Waals surface area contributed by atoms with Crippen molar-refractivity contribution in [3.8, 4) is 33.8 Å². The molecule has 1 aliphatic rings. The Hall–Kier alpha value is -3.29. The van der Waals surface area contributed by atoms with Crippen LogP contribution >= 0.6 is 23.5 Å². The zero-order valence-electron chi connectivity index (χ0n) is 42.8. The maximum atomic E-state index is 11.7. The molecule has 4 aromatic rings. The van der Waals surface area contributed by atoms with Crippen LogP contribution in [0.2, 0.25) is 12.1 Å². The molecule has 0 bridgehead atoms. The maximum absolute atomic E-state index is 11.7. The molecule has 1 saturated carbocycles. The Morgan fingerprint density at radius 1 is 0.529 bits per heavy atom. The Labute approximate surface area is 418 Å². The predicted octanol–water partition coefficient (Wildman–Crippen LogP) is 12.9. The second-order valence-corrected chi connectivity index (χ2v) is 28.1. The molecule has 0 heterocycles. The highest BCUT2D eigenvalue weighted by Crippen LogP contribution is 2.39. The van der Waals surface area contributed by atoms with Gasteiger partial charge < -0.3 is 36.8 Å². The molecule has 1 aliphatic carbocycles. The summed E-state index contributed by atoms with van der Waals surface area (Å²) in [5, 5.41) is 23.4. The highest BCUT2D eigenvalue weighted by Gasteiger charge is 2.37. The van der Waals surface area contributed by atoms with E-state index >= 15 is 0 Å². The molecular weight excluding hydrogens is 925 g/mol. The molecule has 0 saturated heterocycles. The van der Waals surface area contributed by atoms with Crippen LogP contribution in [0.25, 0.3) is 22.3 Å². The van der Waals surface area contributed by atoms with Crippen LogP contribution in [0.4, 0.5) is 0 Å². The smallest absolute Gasteiger partial charge is 0.500 e. The molecule has 0 spiro atoms. The van der Waals surface area contributed by atoms with Gasteiger partial charge in [-0.05, 0) is 106 Å². The lowest BCUT2D eigenvalue weighted by atomic mass is 9.83. The van der Waals surface area contributed by atoms with Gasteiger partial charge in [0.1, 0.15) is 11.5 Å². The van der Waals surface area contributed by atoms with Crippen molar-refractivity contribution in [2.75, 3.05) is 54.2 Å². The molecule has 0 aromatic heterocycles. The van der Waals surface area contributed by atoms with Crippen molar-refractivity contribution in [2.45, 2.75) is 127 Å². The first-order valence-electron chi connectivity index (χ1n) is 23.9. The van der Waals surface area contributed by atoms with Gasteiger partial charge in [-0.25, -0.2) is 0 Å². The van der Waals surface area contributed by atoms with Gasteiger partial charge in [0.2, 0.25) is 0 Å². The van der Waals surface area contributed by atoms with Crippen LogP contribution in [0.1, 0.15) is 113 Å². The number of aromatic hydroxyl groups is 2. The zero-order chi connectivity index (χ0) is 49.5. The summed E-state index contributed by atoms with van der Waals surface area (Å²) >= 11 is 3.79. The first-order chi connectivity index (χ1) is 32.4. The van der Waals surface area contributed by atoms with Gasteiger partial charge in [-0.3, -0.25) is 9.98 Å². The Balaban J connectivity index is 1.31. The second-order valence-electron chi connectivity index (χ2n) is 19.7. The van der Waals surface area contributed by atoms with E-state index in [4.69, 9.17) is 36.5 Å². The van der Waals surface area contributed by atoms with Gasteiger partial charge in [-0.1, -0.05) is 103 Å². The number of nitrogens with zero attached hydrogens (tertiary/aromatic N) is 2. The van der Waals surface area contributed by atoms with Crippen molar-refractivity contribution in [3.05, 3.63) is 106 Å². The summed E-state index contributed by atoms with van der Waals surface area (Å²) in [6.45, 7) is 12.8. The SMILES string of the molecule is CO[Si](CCCSCc1ccc(-c2cc(C=N[C@@H]3CCCC[C@H]3N=Cc3cc(-c4ccc(CSCCC[Si](OC)(OC)OC)cc4)cc(C(C)(C)C)c3O)c(O)c(C(C)(C)C)c2)cc1)(OC)OC. The summed E-state index contributed by atoms with van der Waals surface area (Å²) in [6.07, 6.45) is 9.58. The summed E-state index contributed by atoms with van der Waals surface area (Å²) in [5.74, 6) is 4.33. The van der Waals surface area contributed by atoms with E-state index in [-0.39, 0.29) is 34.4 Å². The lowest BCUT2D eigenvalue weighted by Crippen LogP contribution is -2.42. The molecule has 10 nitrogen and oxygen atoms in total. The third kappa shape index (κ3) is 15.1. The second kappa shape index (κ2) is 25.7. The average molecular weight is 1000 g/mol. The minimum Gasteiger partial charge on any atom is -0.507 e. The third-order valence-electron chi connectivity index (χ3n) is 12.9. The molecule has 0 amide bonds. The summed E-state index contributed by atoms with van der Waals surface area (Å²) in [4.78, 5) is 10.3. The molecule has 14 heteroatoms. The number of hydrogen-bond acceptors (Lipinski definition) is 12. The third-order valence-corrected chi connectivity index (χ3v) is 20.8. The molecule has 0 aliphatic heterocycles. The fourth-order valence-electron chi connectivity index (χ4n) is 8.64. The van der Waals surface area contributed by atoms with Gasteiger partial charge in [-0.15, -0.1) is 0 Å². The van der Waals surface area contributed by atoms with Crippen molar-refractivity contribution in [2.24, 2.45) is 9.98 Å². The summed E-state index contributed by atoms with van der Waals surface area (Å²) in [5.41, 5.74) is 9.39. The van der Waals surface area contributed by atoms with E-state index in [0.717, 1.165) is 107 Å². The van der Waals surface area contributed by atoms with E-state index in [1.165, 1.54) is 11.1 Å². The first kappa shape index (κ1) is 55.6. The summed E-state index contributed by atoms with van der Waals surface area (Å²) < 4.78 is 33.4. The molecule has 4 aromatic carbocycles. The number of aliphatic imine (C=N–C) groups is 2. The van der Waals surface area contributed by atoms with E-state index in [0.29, 0.717) is 11.1 Å². The van der Waals surface area contributed by atoms with Crippen molar-refractivity contribution >= 4 is 53.6 Å². The van der Waals surface area contributed by atoms with Gasteiger partial charge in [0.25, 0.3) is 0 Å². The molecule has 0 radical (unpaired) electrons. The number of rotatable bonds is 24. The van der Waals surface area contributed by atoms with E-state index in [1.54, 1.807) is 42.7 Å². The highest BCUT2D eigenvalue weighted by atomic mass is 32.2. The van der Waals surface area contributed by atoms with Crippen LogP contribution in [0, 0.1) is 0 Å². The van der Waals surface area contributed by atoms with Gasteiger partial charge in [0, 0.05) is 101 Å². The van der Waals surface area contributed by atoms with Crippen molar-refractivity contribution in [1.82, 2.24) is 0 Å². The molecule has 2 N–H and O–H groups in total. The lowest BCUT2D eigenvalue weighted by Gasteiger charge is -2.26. The van der Waals surface area contributed by atoms with E-state index in [1.807, 2.05) is 36.0 Å².